The molecule has 1 aromatic heterocycles. The summed E-state index contributed by atoms with van der Waals surface area (Å²) in [6.45, 7) is 0. The predicted molar refractivity (Wildman–Crippen MR) is 117 cm³/mol. The van der Waals surface area contributed by atoms with E-state index >= 15 is 0 Å². The number of carbonyl (C=O) groups excluding carboxylic acids is 1. The fourth-order valence-electron chi connectivity index (χ4n) is 3.71. The number of hydrogen-bond acceptors (Lipinski definition) is 7. The van der Waals surface area contributed by atoms with E-state index in [2.05, 4.69) is 36.4 Å². The molecule has 3 rings (SSSR count). The summed E-state index contributed by atoms with van der Waals surface area (Å²) in [4.78, 5) is 32.1. The number of aromatic nitrogens is 2. The maximum Gasteiger partial charge on any atom is 0.233 e. The predicted octanol–water partition coefficient (Wildman–Crippen LogP) is 4.34. The Balaban J connectivity index is 1.88. The summed E-state index contributed by atoms with van der Waals surface area (Å²) < 4.78 is 24.3. The summed E-state index contributed by atoms with van der Waals surface area (Å²) in [6, 6.07) is 4.30. The van der Waals surface area contributed by atoms with Crippen molar-refractivity contribution < 1.29 is 13.2 Å². The number of nitrogens with one attached hydrogen (secondary N) is 1. The van der Waals surface area contributed by atoms with E-state index in [1.165, 1.54) is 24.5 Å². The molecule has 0 saturated heterocycles. The molecule has 1 saturated carbocycles. The van der Waals surface area contributed by atoms with Gasteiger partial charge < -0.3 is 5.32 Å². The third-order valence-corrected chi connectivity index (χ3v) is 7.17. The van der Waals surface area contributed by atoms with Crippen molar-refractivity contribution in [2.24, 2.45) is 11.1 Å². The van der Waals surface area contributed by atoms with E-state index in [-0.39, 0.29) is 27.8 Å². The molecular weight excluding hydrogens is 496 g/mol. The molecule has 1 N–H and O–H groups in total. The highest BCUT2D eigenvalue weighted by molar-refractivity contribution is 9.10. The number of hydrogen-bond donors (Lipinski definition) is 1. The first kappa shape index (κ1) is 22.8. The molecule has 0 radical (unpaired) electrons. The van der Waals surface area contributed by atoms with Gasteiger partial charge in [-0.1, -0.05) is 22.8 Å². The Morgan fingerprint density at radius 3 is 2.67 bits per heavy atom. The lowest BCUT2D eigenvalue weighted by molar-refractivity contribution is -0.118. The second-order valence-corrected chi connectivity index (χ2v) is 10.6. The van der Waals surface area contributed by atoms with Crippen LogP contribution in [0.4, 0.5) is 5.82 Å². The summed E-state index contributed by atoms with van der Waals surface area (Å²) in [7, 11) is -3.48. The van der Waals surface area contributed by atoms with Gasteiger partial charge in [-0.25, -0.2) is 18.4 Å². The number of benzene rings is 1. The summed E-state index contributed by atoms with van der Waals surface area (Å²) in [5.74, 6) is -0.465. The van der Waals surface area contributed by atoms with Gasteiger partial charge in [0.05, 0.1) is 34.3 Å². The van der Waals surface area contributed by atoms with Crippen LogP contribution in [-0.4, -0.2) is 36.6 Å². The van der Waals surface area contributed by atoms with Gasteiger partial charge in [-0.2, -0.15) is 4.91 Å². The summed E-state index contributed by atoms with van der Waals surface area (Å²) in [6.07, 6.45) is 6.59. The smallest absolute Gasteiger partial charge is 0.233 e. The minimum Gasteiger partial charge on any atom is -0.309 e. The Hall–Kier alpha value is -1.91. The highest BCUT2D eigenvalue weighted by Gasteiger charge is 2.32. The number of nitroso groups, excluding NO2 is 1. The van der Waals surface area contributed by atoms with Gasteiger partial charge in [0.1, 0.15) is 4.60 Å². The fraction of sp³-hybridized carbons (Fsp3) is 0.421. The molecule has 1 heterocycles. The van der Waals surface area contributed by atoms with E-state index in [1.54, 1.807) is 6.07 Å². The van der Waals surface area contributed by atoms with Crippen molar-refractivity contribution in [3.8, 4) is 0 Å². The number of rotatable bonds is 7. The number of halogens is 2. The average molecular weight is 516 g/mol. The molecule has 8 nitrogen and oxygen atoms in total. The third-order valence-electron chi connectivity index (χ3n) is 5.18. The highest BCUT2D eigenvalue weighted by Crippen LogP contribution is 2.37. The van der Waals surface area contributed by atoms with Crippen LogP contribution in [0.5, 0.6) is 0 Å². The quantitative estimate of drug-likeness (QED) is 0.548. The second-order valence-electron chi connectivity index (χ2n) is 7.40. The maximum absolute atomic E-state index is 13.1. The lowest BCUT2D eigenvalue weighted by Crippen LogP contribution is -2.24. The van der Waals surface area contributed by atoms with Crippen LogP contribution in [0.2, 0.25) is 5.02 Å². The summed E-state index contributed by atoms with van der Waals surface area (Å²) in [5, 5.41) is 5.95. The number of anilines is 1. The van der Waals surface area contributed by atoms with Crippen LogP contribution in [0, 0.1) is 10.8 Å². The third kappa shape index (κ3) is 5.61. The zero-order valence-electron chi connectivity index (χ0n) is 16.1. The lowest BCUT2D eigenvalue weighted by atomic mass is 9.87. The molecule has 1 aliphatic rings. The van der Waals surface area contributed by atoms with Gasteiger partial charge in [0.15, 0.2) is 15.7 Å². The summed E-state index contributed by atoms with van der Waals surface area (Å²) in [5.41, 5.74) is 0.595. The molecule has 1 aromatic carbocycles. The Labute approximate surface area is 187 Å². The Morgan fingerprint density at radius 2 is 2.10 bits per heavy atom. The van der Waals surface area contributed by atoms with Gasteiger partial charge in [-0.05, 0) is 65.2 Å². The van der Waals surface area contributed by atoms with Crippen molar-refractivity contribution >= 4 is 49.1 Å². The number of nitrogens with zero attached hydrogens (tertiary/aromatic N) is 3. The Kier molecular flexibility index (Phi) is 7.20. The Morgan fingerprint density at radius 1 is 1.33 bits per heavy atom. The summed E-state index contributed by atoms with van der Waals surface area (Å²) >= 11 is 9.40. The van der Waals surface area contributed by atoms with E-state index in [4.69, 9.17) is 11.6 Å². The first-order chi connectivity index (χ1) is 14.2. The molecule has 0 aliphatic heterocycles. The van der Waals surface area contributed by atoms with Crippen LogP contribution in [0.1, 0.15) is 37.2 Å². The first-order valence-electron chi connectivity index (χ1n) is 9.27. The molecule has 30 heavy (non-hydrogen) atoms. The fourth-order valence-corrected chi connectivity index (χ4v) is 5.25. The van der Waals surface area contributed by atoms with Crippen LogP contribution >= 0.6 is 27.5 Å². The highest BCUT2D eigenvalue weighted by atomic mass is 79.9. The molecule has 3 unspecified atom stereocenters. The van der Waals surface area contributed by atoms with Gasteiger partial charge in [-0.3, -0.25) is 4.79 Å². The number of sulfone groups is 1. The SMILES string of the molecule is CS(=O)(=O)c1ccc(C(CC2CCC(N=O)C2)C(=O)Nc2cnc(Br)cn2)cc1Cl. The maximum atomic E-state index is 13.1. The van der Waals surface area contributed by atoms with Gasteiger partial charge in [0.2, 0.25) is 5.91 Å². The molecule has 1 fully saturated rings. The molecule has 11 heteroatoms. The van der Waals surface area contributed by atoms with E-state index in [1.807, 2.05) is 0 Å². The van der Waals surface area contributed by atoms with E-state index in [9.17, 15) is 18.1 Å². The Bertz CT molecular complexity index is 1050. The molecule has 160 valence electrons. The zero-order valence-corrected chi connectivity index (χ0v) is 19.2. The first-order valence-corrected chi connectivity index (χ1v) is 12.3. The van der Waals surface area contributed by atoms with Gasteiger partial charge in [-0.15, -0.1) is 0 Å². The lowest BCUT2D eigenvalue weighted by Gasteiger charge is -2.21. The second kappa shape index (κ2) is 9.49. The monoisotopic (exact) mass is 514 g/mol. The van der Waals surface area contributed by atoms with E-state index < -0.39 is 15.8 Å². The molecule has 0 bridgehead atoms. The largest absolute Gasteiger partial charge is 0.309 e. The van der Waals surface area contributed by atoms with Gasteiger partial charge >= 0.3 is 0 Å². The normalized spacial score (nSPS) is 20.0. The number of amides is 1. The van der Waals surface area contributed by atoms with Crippen molar-refractivity contribution in [2.75, 3.05) is 11.6 Å². The molecule has 1 aliphatic carbocycles. The van der Waals surface area contributed by atoms with Crippen molar-refractivity contribution in [3.63, 3.8) is 0 Å². The van der Waals surface area contributed by atoms with Crippen LogP contribution < -0.4 is 5.32 Å². The van der Waals surface area contributed by atoms with Gasteiger partial charge in [0.25, 0.3) is 0 Å². The van der Waals surface area contributed by atoms with Gasteiger partial charge in [0, 0.05) is 6.26 Å². The molecule has 2 aromatic rings. The minimum atomic E-state index is -3.48. The van der Waals surface area contributed by atoms with E-state index in [0.717, 1.165) is 12.7 Å². The average Bonchev–Trinajstić information content (AvgIpc) is 3.14. The van der Waals surface area contributed by atoms with Crippen molar-refractivity contribution in [2.45, 2.75) is 42.5 Å². The van der Waals surface area contributed by atoms with Crippen molar-refractivity contribution in [1.82, 2.24) is 9.97 Å². The standard InChI is InChI=1S/C19H20BrClN4O4S/c1-30(28,29)16-5-3-12(8-15(16)21)14(7-11-2-4-13(6-11)25-27)19(26)24-18-10-22-17(20)9-23-18/h3,5,8-11,13-14H,2,4,6-7H2,1H3,(H,23,24,26). The van der Waals surface area contributed by atoms with Crippen LogP contribution in [0.3, 0.4) is 0 Å². The minimum absolute atomic E-state index is 0.0111. The molecule has 3 atom stereocenters. The number of carbonyl (C=O) groups is 1. The zero-order chi connectivity index (χ0) is 21.9. The van der Waals surface area contributed by atoms with Crippen molar-refractivity contribution in [3.05, 3.63) is 50.7 Å². The molecule has 1 amide bonds. The van der Waals surface area contributed by atoms with Crippen LogP contribution in [0.25, 0.3) is 0 Å². The topological polar surface area (TPSA) is 118 Å². The van der Waals surface area contributed by atoms with Crippen LogP contribution in [-0.2, 0) is 14.6 Å². The van der Waals surface area contributed by atoms with Crippen molar-refractivity contribution in [1.29, 1.82) is 0 Å². The van der Waals surface area contributed by atoms with Crippen LogP contribution in [0.15, 0.2) is 45.3 Å². The molecular formula is C19H20BrClN4O4S. The van der Waals surface area contributed by atoms with E-state index in [0.29, 0.717) is 35.2 Å². The molecule has 0 spiro atoms.